The fraction of sp³-hybridized carbons (Fsp3) is 0.615. The number of alkyl halides is 3. The van der Waals surface area contributed by atoms with Gasteiger partial charge in [0, 0.05) is 19.1 Å². The first kappa shape index (κ1) is 16.6. The highest BCUT2D eigenvalue weighted by Gasteiger charge is 2.49. The molecule has 2 aliphatic rings. The van der Waals surface area contributed by atoms with E-state index >= 15 is 0 Å². The van der Waals surface area contributed by atoms with Gasteiger partial charge in [0.2, 0.25) is 0 Å². The Hall–Kier alpha value is -0.790. The van der Waals surface area contributed by atoms with Gasteiger partial charge in [0.05, 0.1) is 10.8 Å². The zero-order valence-electron chi connectivity index (χ0n) is 11.1. The number of carbonyl (C=O) groups is 1. The SMILES string of the molecule is Cl.NC1CN(C(=O)c2sccc2C2CC2)CC1C(F)(F)F. The molecule has 2 heterocycles. The van der Waals surface area contributed by atoms with Crippen LogP contribution in [0.3, 0.4) is 0 Å². The molecule has 1 aromatic rings. The Morgan fingerprint density at radius 2 is 2.00 bits per heavy atom. The van der Waals surface area contributed by atoms with Gasteiger partial charge in [0.1, 0.15) is 0 Å². The second-order valence-corrected chi connectivity index (χ2v) is 6.42. The molecule has 3 rings (SSSR count). The molecule has 2 unspecified atom stereocenters. The van der Waals surface area contributed by atoms with Crippen molar-refractivity contribution in [1.82, 2.24) is 4.90 Å². The van der Waals surface area contributed by atoms with Gasteiger partial charge in [-0.2, -0.15) is 13.2 Å². The summed E-state index contributed by atoms with van der Waals surface area (Å²) in [5, 5.41) is 1.83. The molecule has 1 saturated carbocycles. The fourth-order valence-corrected chi connectivity index (χ4v) is 3.64. The van der Waals surface area contributed by atoms with Gasteiger partial charge in [-0.3, -0.25) is 4.79 Å². The molecule has 1 aliphatic carbocycles. The lowest BCUT2D eigenvalue weighted by molar-refractivity contribution is -0.172. The molecule has 21 heavy (non-hydrogen) atoms. The van der Waals surface area contributed by atoms with Gasteiger partial charge in [-0.05, 0) is 35.8 Å². The molecule has 1 aliphatic heterocycles. The fourth-order valence-electron chi connectivity index (χ4n) is 2.69. The summed E-state index contributed by atoms with van der Waals surface area (Å²) in [6, 6.07) is 0.885. The number of likely N-dealkylation sites (tertiary alicyclic amines) is 1. The molecule has 1 aromatic heterocycles. The van der Waals surface area contributed by atoms with E-state index in [9.17, 15) is 18.0 Å². The summed E-state index contributed by atoms with van der Waals surface area (Å²) in [5.41, 5.74) is 6.54. The first-order valence-electron chi connectivity index (χ1n) is 6.57. The summed E-state index contributed by atoms with van der Waals surface area (Å²) in [6.07, 6.45) is -2.23. The predicted octanol–water partition coefficient (Wildman–Crippen LogP) is 3.01. The molecule has 2 fully saturated rings. The molecule has 0 bridgehead atoms. The molecule has 1 amide bonds. The molecule has 3 nitrogen and oxygen atoms in total. The normalized spacial score (nSPS) is 25.8. The predicted molar refractivity (Wildman–Crippen MR) is 77.0 cm³/mol. The quantitative estimate of drug-likeness (QED) is 0.899. The maximum absolute atomic E-state index is 12.8. The van der Waals surface area contributed by atoms with Crippen molar-refractivity contribution in [3.05, 3.63) is 21.9 Å². The van der Waals surface area contributed by atoms with Crippen molar-refractivity contribution in [2.45, 2.75) is 31.0 Å². The summed E-state index contributed by atoms with van der Waals surface area (Å²) in [7, 11) is 0. The van der Waals surface area contributed by atoms with Crippen LogP contribution in [0.5, 0.6) is 0 Å². The van der Waals surface area contributed by atoms with E-state index in [0.29, 0.717) is 10.8 Å². The number of rotatable bonds is 2. The van der Waals surface area contributed by atoms with Crippen LogP contribution in [0.2, 0.25) is 0 Å². The number of hydrogen-bond acceptors (Lipinski definition) is 3. The highest BCUT2D eigenvalue weighted by atomic mass is 35.5. The monoisotopic (exact) mass is 340 g/mol. The van der Waals surface area contributed by atoms with Gasteiger partial charge in [-0.15, -0.1) is 23.7 Å². The van der Waals surface area contributed by atoms with Crippen LogP contribution in [0.1, 0.15) is 34.0 Å². The number of carbonyl (C=O) groups excluding carboxylic acids is 1. The lowest BCUT2D eigenvalue weighted by atomic mass is 10.0. The Labute approximate surface area is 130 Å². The third kappa shape index (κ3) is 3.19. The Morgan fingerprint density at radius 3 is 2.52 bits per heavy atom. The van der Waals surface area contributed by atoms with E-state index < -0.39 is 18.1 Å². The maximum Gasteiger partial charge on any atom is 0.395 e. The molecular weight excluding hydrogens is 325 g/mol. The summed E-state index contributed by atoms with van der Waals surface area (Å²) in [6.45, 7) is -0.351. The van der Waals surface area contributed by atoms with Crippen LogP contribution >= 0.6 is 23.7 Å². The topological polar surface area (TPSA) is 46.3 Å². The highest BCUT2D eigenvalue weighted by Crippen LogP contribution is 2.44. The molecule has 1 saturated heterocycles. The van der Waals surface area contributed by atoms with Crippen LogP contribution in [0.25, 0.3) is 0 Å². The second-order valence-electron chi connectivity index (χ2n) is 5.50. The largest absolute Gasteiger partial charge is 0.395 e. The third-order valence-corrected chi connectivity index (χ3v) is 4.90. The van der Waals surface area contributed by atoms with E-state index in [1.165, 1.54) is 16.2 Å². The zero-order valence-corrected chi connectivity index (χ0v) is 12.7. The summed E-state index contributed by atoms with van der Waals surface area (Å²) in [5.74, 6) is -1.50. The van der Waals surface area contributed by atoms with Crippen LogP contribution < -0.4 is 5.73 Å². The number of amides is 1. The first-order chi connectivity index (χ1) is 9.38. The molecule has 0 aromatic carbocycles. The van der Waals surface area contributed by atoms with Gasteiger partial charge in [-0.25, -0.2) is 0 Å². The van der Waals surface area contributed by atoms with Crippen LogP contribution in [0.4, 0.5) is 13.2 Å². The Morgan fingerprint density at radius 1 is 1.33 bits per heavy atom. The minimum absolute atomic E-state index is 0. The zero-order chi connectivity index (χ0) is 14.5. The van der Waals surface area contributed by atoms with Gasteiger partial charge in [0.25, 0.3) is 5.91 Å². The van der Waals surface area contributed by atoms with Crippen LogP contribution in [-0.2, 0) is 0 Å². The van der Waals surface area contributed by atoms with Crippen LogP contribution in [0.15, 0.2) is 11.4 Å². The van der Waals surface area contributed by atoms with Crippen molar-refractivity contribution < 1.29 is 18.0 Å². The average Bonchev–Trinajstić information content (AvgIpc) is 2.94. The van der Waals surface area contributed by atoms with Gasteiger partial charge in [-0.1, -0.05) is 0 Å². The Balaban J connectivity index is 0.00000161. The van der Waals surface area contributed by atoms with E-state index in [-0.39, 0.29) is 31.4 Å². The third-order valence-electron chi connectivity index (χ3n) is 3.98. The van der Waals surface area contributed by atoms with Crippen LogP contribution in [0, 0.1) is 5.92 Å². The van der Waals surface area contributed by atoms with Crippen molar-refractivity contribution in [2.75, 3.05) is 13.1 Å². The average molecular weight is 341 g/mol. The molecule has 118 valence electrons. The maximum atomic E-state index is 12.8. The number of nitrogens with two attached hydrogens (primary N) is 1. The second kappa shape index (κ2) is 5.78. The Kier molecular flexibility index (Phi) is 4.56. The van der Waals surface area contributed by atoms with E-state index in [4.69, 9.17) is 5.73 Å². The van der Waals surface area contributed by atoms with Crippen LogP contribution in [-0.4, -0.2) is 36.1 Å². The summed E-state index contributed by atoms with van der Waals surface area (Å²) < 4.78 is 38.4. The van der Waals surface area contributed by atoms with E-state index in [1.54, 1.807) is 0 Å². The van der Waals surface area contributed by atoms with E-state index in [2.05, 4.69) is 0 Å². The molecule has 0 spiro atoms. The van der Waals surface area contributed by atoms with Crippen molar-refractivity contribution >= 4 is 29.7 Å². The molecule has 2 atom stereocenters. The minimum atomic E-state index is -4.34. The number of thiophene rings is 1. The standard InChI is InChI=1S/C13H15F3N2OS.ClH/c14-13(15,16)9-5-18(6-10(9)17)12(19)11-8(3-4-20-11)7-1-2-7;/h3-4,7,9-10H,1-2,5-6,17H2;1H. The van der Waals surface area contributed by atoms with Crippen molar-refractivity contribution in [3.63, 3.8) is 0 Å². The number of hydrogen-bond donors (Lipinski definition) is 1. The smallest absolute Gasteiger partial charge is 0.336 e. The first-order valence-corrected chi connectivity index (χ1v) is 7.45. The van der Waals surface area contributed by atoms with Gasteiger partial charge in [0.15, 0.2) is 0 Å². The molecular formula is C13H16ClF3N2OS. The van der Waals surface area contributed by atoms with E-state index in [1.807, 2.05) is 11.4 Å². The molecule has 2 N–H and O–H groups in total. The highest BCUT2D eigenvalue weighted by molar-refractivity contribution is 7.12. The van der Waals surface area contributed by atoms with Crippen molar-refractivity contribution in [1.29, 1.82) is 0 Å². The van der Waals surface area contributed by atoms with Crippen molar-refractivity contribution in [3.8, 4) is 0 Å². The van der Waals surface area contributed by atoms with E-state index in [0.717, 1.165) is 18.4 Å². The van der Waals surface area contributed by atoms with Crippen molar-refractivity contribution in [2.24, 2.45) is 11.7 Å². The lowest BCUT2D eigenvalue weighted by Gasteiger charge is -2.18. The summed E-state index contributed by atoms with van der Waals surface area (Å²) in [4.78, 5) is 14.2. The van der Waals surface area contributed by atoms with Gasteiger partial charge >= 0.3 is 6.18 Å². The Bertz CT molecular complexity index is 530. The molecule has 0 radical (unpaired) electrons. The molecule has 8 heteroatoms. The number of halogens is 4. The number of nitrogens with zero attached hydrogens (tertiary/aromatic N) is 1. The van der Waals surface area contributed by atoms with Gasteiger partial charge < -0.3 is 10.6 Å². The summed E-state index contributed by atoms with van der Waals surface area (Å²) >= 11 is 1.31. The minimum Gasteiger partial charge on any atom is -0.336 e. The lowest BCUT2D eigenvalue weighted by Crippen LogP contribution is -2.38.